The van der Waals surface area contributed by atoms with E-state index < -0.39 is 0 Å². The molecule has 2 rings (SSSR count). The zero-order valence-corrected chi connectivity index (χ0v) is 13.1. The molecule has 0 fully saturated rings. The molecule has 0 saturated carbocycles. The molecule has 1 N–H and O–H groups in total. The number of hydrogen-bond acceptors (Lipinski definition) is 4. The lowest BCUT2D eigenvalue weighted by Crippen LogP contribution is -2.13. The van der Waals surface area contributed by atoms with Crippen LogP contribution in [-0.4, -0.2) is 32.1 Å². The SMILES string of the molecule is CCOCn1cc(NC(=O)c2nn(C)c(C)c2Br)cn1. The standard InChI is InChI=1S/C12H16BrN5O2/c1-4-20-7-18-6-9(5-14-18)15-12(19)11-10(13)8(2)17(3)16-11/h5-6H,4,7H2,1-3H3,(H,15,19). The van der Waals surface area contributed by atoms with E-state index in [0.717, 1.165) is 5.69 Å². The van der Waals surface area contributed by atoms with Gasteiger partial charge in [0.1, 0.15) is 6.73 Å². The Balaban J connectivity index is 2.07. The first-order chi connectivity index (χ1) is 9.52. The van der Waals surface area contributed by atoms with E-state index in [0.29, 0.717) is 29.2 Å². The van der Waals surface area contributed by atoms with E-state index in [-0.39, 0.29) is 5.91 Å². The molecule has 0 unspecified atom stereocenters. The molecule has 2 aromatic rings. The molecule has 0 saturated heterocycles. The van der Waals surface area contributed by atoms with Crippen molar-refractivity contribution in [3.8, 4) is 0 Å². The van der Waals surface area contributed by atoms with Gasteiger partial charge in [-0.3, -0.25) is 9.48 Å². The number of nitrogens with one attached hydrogen (secondary N) is 1. The highest BCUT2D eigenvalue weighted by atomic mass is 79.9. The minimum atomic E-state index is -0.281. The fourth-order valence-corrected chi connectivity index (χ4v) is 2.12. The summed E-state index contributed by atoms with van der Waals surface area (Å²) in [7, 11) is 1.79. The minimum absolute atomic E-state index is 0.281. The molecule has 0 aliphatic heterocycles. The summed E-state index contributed by atoms with van der Waals surface area (Å²) < 4.78 is 9.18. The molecular weight excluding hydrogens is 326 g/mol. The second-order valence-corrected chi connectivity index (χ2v) is 5.01. The van der Waals surface area contributed by atoms with Crippen LogP contribution in [0.5, 0.6) is 0 Å². The van der Waals surface area contributed by atoms with Crippen LogP contribution in [0.1, 0.15) is 23.1 Å². The van der Waals surface area contributed by atoms with Crippen molar-refractivity contribution in [3.05, 3.63) is 28.3 Å². The lowest BCUT2D eigenvalue weighted by molar-refractivity contribution is 0.0792. The molecule has 0 aliphatic rings. The maximum atomic E-state index is 12.1. The van der Waals surface area contributed by atoms with Gasteiger partial charge in [0.25, 0.3) is 5.91 Å². The molecule has 0 bridgehead atoms. The first-order valence-electron chi connectivity index (χ1n) is 6.13. The van der Waals surface area contributed by atoms with Crippen LogP contribution >= 0.6 is 15.9 Å². The highest BCUT2D eigenvalue weighted by Crippen LogP contribution is 2.21. The topological polar surface area (TPSA) is 74.0 Å². The summed E-state index contributed by atoms with van der Waals surface area (Å²) in [4.78, 5) is 12.1. The molecule has 0 aliphatic carbocycles. The molecule has 0 radical (unpaired) electrons. The first-order valence-corrected chi connectivity index (χ1v) is 6.92. The Labute approximate surface area is 125 Å². The van der Waals surface area contributed by atoms with E-state index in [9.17, 15) is 4.79 Å². The van der Waals surface area contributed by atoms with E-state index in [1.54, 1.807) is 28.8 Å². The van der Waals surface area contributed by atoms with E-state index in [1.807, 2.05) is 13.8 Å². The van der Waals surface area contributed by atoms with Crippen molar-refractivity contribution in [1.82, 2.24) is 19.6 Å². The van der Waals surface area contributed by atoms with Gasteiger partial charge in [-0.2, -0.15) is 10.2 Å². The predicted octanol–water partition coefficient (Wildman–Crippen LogP) is 1.93. The van der Waals surface area contributed by atoms with Crippen molar-refractivity contribution in [1.29, 1.82) is 0 Å². The van der Waals surface area contributed by atoms with Crippen molar-refractivity contribution in [2.75, 3.05) is 11.9 Å². The van der Waals surface area contributed by atoms with E-state index in [1.165, 1.54) is 0 Å². The largest absolute Gasteiger partial charge is 0.360 e. The zero-order chi connectivity index (χ0) is 14.7. The Morgan fingerprint density at radius 1 is 1.55 bits per heavy atom. The quantitative estimate of drug-likeness (QED) is 0.901. The van der Waals surface area contributed by atoms with Crippen LogP contribution < -0.4 is 5.32 Å². The molecule has 0 aromatic carbocycles. The number of amides is 1. The van der Waals surface area contributed by atoms with Crippen molar-refractivity contribution in [2.24, 2.45) is 7.05 Å². The lowest BCUT2D eigenvalue weighted by atomic mass is 10.3. The lowest BCUT2D eigenvalue weighted by Gasteiger charge is -2.01. The number of nitrogens with zero attached hydrogens (tertiary/aromatic N) is 4. The number of aromatic nitrogens is 4. The van der Waals surface area contributed by atoms with Crippen LogP contribution in [-0.2, 0) is 18.5 Å². The van der Waals surface area contributed by atoms with Gasteiger partial charge in [-0.05, 0) is 29.8 Å². The number of rotatable bonds is 5. The monoisotopic (exact) mass is 341 g/mol. The second kappa shape index (κ2) is 6.19. The van der Waals surface area contributed by atoms with Crippen LogP contribution in [0, 0.1) is 6.92 Å². The smallest absolute Gasteiger partial charge is 0.277 e. The minimum Gasteiger partial charge on any atom is -0.360 e. The van der Waals surface area contributed by atoms with Crippen LogP contribution in [0.4, 0.5) is 5.69 Å². The third kappa shape index (κ3) is 3.07. The van der Waals surface area contributed by atoms with E-state index in [4.69, 9.17) is 4.74 Å². The Morgan fingerprint density at radius 3 is 2.90 bits per heavy atom. The second-order valence-electron chi connectivity index (χ2n) is 4.22. The average molecular weight is 342 g/mol. The molecule has 2 aromatic heterocycles. The van der Waals surface area contributed by atoms with Gasteiger partial charge >= 0.3 is 0 Å². The van der Waals surface area contributed by atoms with Crippen LogP contribution in [0.25, 0.3) is 0 Å². The maximum absolute atomic E-state index is 12.1. The number of anilines is 1. The first kappa shape index (κ1) is 14.7. The Hall–Kier alpha value is -1.67. The third-order valence-electron chi connectivity index (χ3n) is 2.79. The summed E-state index contributed by atoms with van der Waals surface area (Å²) in [5, 5.41) is 11.0. The molecule has 0 atom stereocenters. The zero-order valence-electron chi connectivity index (χ0n) is 11.6. The van der Waals surface area contributed by atoms with Crippen molar-refractivity contribution in [2.45, 2.75) is 20.6 Å². The van der Waals surface area contributed by atoms with Gasteiger partial charge in [0, 0.05) is 13.7 Å². The van der Waals surface area contributed by atoms with Crippen molar-refractivity contribution >= 4 is 27.5 Å². The summed E-state index contributed by atoms with van der Waals surface area (Å²) in [6, 6.07) is 0. The average Bonchev–Trinajstić information content (AvgIpc) is 2.96. The third-order valence-corrected chi connectivity index (χ3v) is 3.74. The number of ether oxygens (including phenoxy) is 1. The van der Waals surface area contributed by atoms with Crippen LogP contribution in [0.3, 0.4) is 0 Å². The van der Waals surface area contributed by atoms with Gasteiger partial charge in [-0.1, -0.05) is 0 Å². The van der Waals surface area contributed by atoms with Gasteiger partial charge in [0.2, 0.25) is 0 Å². The Bertz CT molecular complexity index is 619. The van der Waals surface area contributed by atoms with Gasteiger partial charge in [-0.25, -0.2) is 4.68 Å². The molecule has 20 heavy (non-hydrogen) atoms. The number of carbonyl (C=O) groups excluding carboxylic acids is 1. The summed E-state index contributed by atoms with van der Waals surface area (Å²) in [6.07, 6.45) is 3.28. The van der Waals surface area contributed by atoms with Gasteiger partial charge < -0.3 is 10.1 Å². The molecule has 8 heteroatoms. The normalized spacial score (nSPS) is 10.8. The van der Waals surface area contributed by atoms with E-state index in [2.05, 4.69) is 31.4 Å². The number of aryl methyl sites for hydroxylation is 1. The summed E-state index contributed by atoms with van der Waals surface area (Å²) in [5.74, 6) is -0.281. The Kier molecular flexibility index (Phi) is 4.56. The fraction of sp³-hybridized carbons (Fsp3) is 0.417. The highest BCUT2D eigenvalue weighted by Gasteiger charge is 2.18. The Morgan fingerprint density at radius 2 is 2.30 bits per heavy atom. The molecule has 1 amide bonds. The molecule has 2 heterocycles. The molecule has 7 nitrogen and oxygen atoms in total. The fourth-order valence-electron chi connectivity index (χ4n) is 1.60. The van der Waals surface area contributed by atoms with Crippen LogP contribution in [0.15, 0.2) is 16.9 Å². The molecular formula is C12H16BrN5O2. The van der Waals surface area contributed by atoms with Gasteiger partial charge in [-0.15, -0.1) is 0 Å². The highest BCUT2D eigenvalue weighted by molar-refractivity contribution is 9.10. The summed E-state index contributed by atoms with van der Waals surface area (Å²) in [6.45, 7) is 4.77. The molecule has 0 spiro atoms. The van der Waals surface area contributed by atoms with Crippen LogP contribution in [0.2, 0.25) is 0 Å². The predicted molar refractivity (Wildman–Crippen MR) is 77.5 cm³/mol. The number of hydrogen-bond donors (Lipinski definition) is 1. The summed E-state index contributed by atoms with van der Waals surface area (Å²) >= 11 is 3.37. The number of halogens is 1. The number of carbonyl (C=O) groups is 1. The molecule has 108 valence electrons. The van der Waals surface area contributed by atoms with E-state index >= 15 is 0 Å². The van der Waals surface area contributed by atoms with Gasteiger partial charge in [0.05, 0.1) is 28.2 Å². The maximum Gasteiger partial charge on any atom is 0.277 e. The van der Waals surface area contributed by atoms with Crippen molar-refractivity contribution < 1.29 is 9.53 Å². The summed E-state index contributed by atoms with van der Waals surface area (Å²) in [5.41, 5.74) is 1.84. The van der Waals surface area contributed by atoms with Gasteiger partial charge in [0.15, 0.2) is 5.69 Å². The van der Waals surface area contributed by atoms with Crippen molar-refractivity contribution in [3.63, 3.8) is 0 Å².